The van der Waals surface area contributed by atoms with E-state index in [1.54, 1.807) is 62.4 Å². The highest BCUT2D eigenvalue weighted by Gasteiger charge is 2.27. The van der Waals surface area contributed by atoms with E-state index in [9.17, 15) is 14.4 Å². The molecule has 150 valence electrons. The lowest BCUT2D eigenvalue weighted by Crippen LogP contribution is -2.45. The van der Waals surface area contributed by atoms with Gasteiger partial charge in [0.2, 0.25) is 0 Å². The second kappa shape index (κ2) is 9.02. The molecular weight excluding hydrogens is 372 g/mol. The Kier molecular flexibility index (Phi) is 6.73. The maximum atomic E-state index is 12.2. The lowest BCUT2D eigenvalue weighted by Gasteiger charge is -2.28. The van der Waals surface area contributed by atoms with Gasteiger partial charge in [-0.2, -0.15) is 5.26 Å². The van der Waals surface area contributed by atoms with Gasteiger partial charge < -0.3 is 14.4 Å². The quantitative estimate of drug-likeness (QED) is 0.551. The van der Waals surface area contributed by atoms with E-state index in [4.69, 9.17) is 14.7 Å². The molecule has 1 amide bonds. The summed E-state index contributed by atoms with van der Waals surface area (Å²) in [7, 11) is 1.49. The number of nitrogens with zero attached hydrogens (tertiary/aromatic N) is 2. The molecule has 0 aliphatic rings. The summed E-state index contributed by atoms with van der Waals surface area (Å²) in [5.41, 5.74) is 1.06. The zero-order valence-electron chi connectivity index (χ0n) is 16.8. The molecule has 0 unspecified atom stereocenters. The molecule has 2 aromatic rings. The topological polar surface area (TPSA) is 96.7 Å². The highest BCUT2D eigenvalue weighted by molar-refractivity contribution is 5.92. The number of hydrogen-bond acceptors (Lipinski definition) is 6. The number of nitriles is 1. The third kappa shape index (κ3) is 5.66. The van der Waals surface area contributed by atoms with Gasteiger partial charge in [-0.1, -0.05) is 24.3 Å². The van der Waals surface area contributed by atoms with Gasteiger partial charge in [0.25, 0.3) is 5.91 Å². The number of carbonyl (C=O) groups is 3. The normalized spacial score (nSPS) is 10.6. The lowest BCUT2D eigenvalue weighted by molar-refractivity contribution is -0.136. The van der Waals surface area contributed by atoms with Crippen molar-refractivity contribution in [3.63, 3.8) is 0 Å². The van der Waals surface area contributed by atoms with Crippen LogP contribution in [0.3, 0.4) is 0 Å². The van der Waals surface area contributed by atoms with Crippen molar-refractivity contribution in [1.29, 1.82) is 5.26 Å². The van der Waals surface area contributed by atoms with Crippen LogP contribution in [0.1, 0.15) is 31.1 Å². The molecule has 0 N–H and O–H groups in total. The molecule has 0 radical (unpaired) electrons. The Morgan fingerprint density at radius 3 is 2.00 bits per heavy atom. The molecule has 0 atom stereocenters. The summed E-state index contributed by atoms with van der Waals surface area (Å²) in [6, 6.07) is 15.7. The van der Waals surface area contributed by atoms with Crippen LogP contribution in [0.2, 0.25) is 0 Å². The number of ether oxygens (including phenoxy) is 2. The molecule has 0 aliphatic heterocycles. The van der Waals surface area contributed by atoms with Crippen LogP contribution in [0.5, 0.6) is 5.75 Å². The van der Waals surface area contributed by atoms with Gasteiger partial charge in [0.1, 0.15) is 11.3 Å². The van der Waals surface area contributed by atoms with Crippen molar-refractivity contribution in [1.82, 2.24) is 4.90 Å². The van der Waals surface area contributed by atoms with Gasteiger partial charge >= 0.3 is 11.9 Å². The number of carbonyl (C=O) groups excluding carboxylic acids is 3. The molecule has 7 heteroatoms. The second-order valence-corrected chi connectivity index (χ2v) is 6.90. The van der Waals surface area contributed by atoms with E-state index in [-0.39, 0.29) is 5.97 Å². The number of hydrogen-bond donors (Lipinski definition) is 0. The summed E-state index contributed by atoms with van der Waals surface area (Å²) in [6.07, 6.45) is 0. The zero-order valence-corrected chi connectivity index (χ0v) is 16.8. The van der Waals surface area contributed by atoms with Crippen LogP contribution in [0, 0.1) is 11.3 Å². The molecule has 0 saturated carbocycles. The molecular formula is C22H22N2O5. The van der Waals surface area contributed by atoms with Crippen molar-refractivity contribution in [2.24, 2.45) is 0 Å². The fraction of sp³-hybridized carbons (Fsp3) is 0.273. The maximum absolute atomic E-state index is 12.2. The summed E-state index contributed by atoms with van der Waals surface area (Å²) in [4.78, 5) is 36.5. The van der Waals surface area contributed by atoms with Gasteiger partial charge in [0.15, 0.2) is 6.61 Å². The molecule has 29 heavy (non-hydrogen) atoms. The van der Waals surface area contributed by atoms with E-state index >= 15 is 0 Å². The summed E-state index contributed by atoms with van der Waals surface area (Å²) in [6.45, 7) is 4.09. The predicted molar refractivity (Wildman–Crippen MR) is 106 cm³/mol. The summed E-state index contributed by atoms with van der Waals surface area (Å²) >= 11 is 0. The molecule has 0 spiro atoms. The molecule has 0 saturated heterocycles. The van der Waals surface area contributed by atoms with Gasteiger partial charge in [-0.15, -0.1) is 0 Å². The van der Waals surface area contributed by atoms with Crippen LogP contribution < -0.4 is 4.74 Å². The molecule has 7 nitrogen and oxygen atoms in total. The van der Waals surface area contributed by atoms with Crippen LogP contribution in [-0.4, -0.2) is 41.9 Å². The summed E-state index contributed by atoms with van der Waals surface area (Å²) in [5.74, 6) is -1.02. The van der Waals surface area contributed by atoms with Gasteiger partial charge in [0, 0.05) is 14.0 Å². The van der Waals surface area contributed by atoms with E-state index in [0.717, 1.165) is 11.1 Å². The number of likely N-dealkylation sites (N-methyl/N-ethyl adjacent to an activating group) is 1. The molecule has 0 heterocycles. The molecule has 0 aliphatic carbocycles. The number of benzene rings is 2. The highest BCUT2D eigenvalue weighted by Crippen LogP contribution is 2.23. The van der Waals surface area contributed by atoms with Crippen LogP contribution in [0.25, 0.3) is 11.1 Å². The van der Waals surface area contributed by atoms with Crippen molar-refractivity contribution in [3.05, 3.63) is 54.1 Å². The van der Waals surface area contributed by atoms with E-state index in [1.165, 1.54) is 18.9 Å². The van der Waals surface area contributed by atoms with Gasteiger partial charge in [0.05, 0.1) is 11.6 Å². The maximum Gasteiger partial charge on any atom is 0.338 e. The van der Waals surface area contributed by atoms with Crippen LogP contribution in [0.15, 0.2) is 48.5 Å². The van der Waals surface area contributed by atoms with Crippen molar-refractivity contribution < 1.29 is 23.9 Å². The van der Waals surface area contributed by atoms with E-state index in [1.807, 2.05) is 6.07 Å². The van der Waals surface area contributed by atoms with Crippen LogP contribution >= 0.6 is 0 Å². The van der Waals surface area contributed by atoms with Gasteiger partial charge in [-0.3, -0.25) is 9.59 Å². The molecule has 0 bridgehead atoms. The fourth-order valence-corrected chi connectivity index (χ4v) is 2.37. The van der Waals surface area contributed by atoms with Crippen LogP contribution in [0.4, 0.5) is 0 Å². The summed E-state index contributed by atoms with van der Waals surface area (Å²) in [5, 5.41) is 9.07. The number of esters is 2. The van der Waals surface area contributed by atoms with E-state index < -0.39 is 24.0 Å². The zero-order chi connectivity index (χ0) is 21.6. The monoisotopic (exact) mass is 394 g/mol. The van der Waals surface area contributed by atoms with Crippen molar-refractivity contribution in [3.8, 4) is 22.9 Å². The molecule has 2 rings (SSSR count). The van der Waals surface area contributed by atoms with Crippen molar-refractivity contribution in [2.75, 3.05) is 13.7 Å². The Morgan fingerprint density at radius 2 is 1.52 bits per heavy atom. The minimum atomic E-state index is -0.990. The van der Waals surface area contributed by atoms with E-state index in [2.05, 4.69) is 0 Å². The first kappa shape index (κ1) is 21.6. The first-order valence-corrected chi connectivity index (χ1v) is 8.88. The smallest absolute Gasteiger partial charge is 0.338 e. The third-order valence-electron chi connectivity index (χ3n) is 4.38. The Labute approximate surface area is 169 Å². The third-order valence-corrected chi connectivity index (χ3v) is 4.38. The van der Waals surface area contributed by atoms with Gasteiger partial charge in [-0.25, -0.2) is 4.79 Å². The highest BCUT2D eigenvalue weighted by atomic mass is 16.5. The number of rotatable bonds is 6. The Bertz CT molecular complexity index is 941. The van der Waals surface area contributed by atoms with Crippen molar-refractivity contribution >= 4 is 17.8 Å². The SMILES string of the molecule is CC(=O)Oc1ccc(-c2ccc(C(=O)OCC(=O)N(C)C(C)(C)C#N)cc2)cc1. The standard InChI is InChI=1S/C22H22N2O5/c1-15(25)29-19-11-9-17(10-12-19)16-5-7-18(8-6-16)21(27)28-13-20(26)24(4)22(2,3)14-23/h5-12H,13H2,1-4H3. The molecule has 2 aromatic carbocycles. The minimum Gasteiger partial charge on any atom is -0.452 e. The largest absolute Gasteiger partial charge is 0.452 e. The summed E-state index contributed by atoms with van der Waals surface area (Å²) < 4.78 is 10.1. The van der Waals surface area contributed by atoms with Gasteiger partial charge in [-0.05, 0) is 49.2 Å². The second-order valence-electron chi connectivity index (χ2n) is 6.90. The Morgan fingerprint density at radius 1 is 1.00 bits per heavy atom. The average Bonchev–Trinajstić information content (AvgIpc) is 2.71. The van der Waals surface area contributed by atoms with E-state index in [0.29, 0.717) is 11.3 Å². The molecule has 0 fully saturated rings. The lowest BCUT2D eigenvalue weighted by atomic mass is 10.0. The molecule has 0 aromatic heterocycles. The Hall–Kier alpha value is -3.66. The number of amides is 1. The first-order valence-electron chi connectivity index (χ1n) is 8.88. The van der Waals surface area contributed by atoms with Crippen molar-refractivity contribution in [2.45, 2.75) is 26.3 Å². The predicted octanol–water partition coefficient (Wildman–Crippen LogP) is 3.20. The fourth-order valence-electron chi connectivity index (χ4n) is 2.37. The Balaban J connectivity index is 1.99. The average molecular weight is 394 g/mol. The van der Waals surface area contributed by atoms with Crippen LogP contribution in [-0.2, 0) is 14.3 Å². The minimum absolute atomic E-state index is 0.306. The first-order chi connectivity index (χ1) is 13.6.